The van der Waals surface area contributed by atoms with Crippen LogP contribution in [0, 0.1) is 5.82 Å². The van der Waals surface area contributed by atoms with Gasteiger partial charge in [-0.05, 0) is 35.4 Å². The third-order valence-corrected chi connectivity index (χ3v) is 6.77. The van der Waals surface area contributed by atoms with E-state index in [-0.39, 0.29) is 16.5 Å². The minimum absolute atomic E-state index is 0.169. The monoisotopic (exact) mass is 548 g/mol. The zero-order valence-electron chi connectivity index (χ0n) is 20.6. The molecule has 0 amide bonds. The van der Waals surface area contributed by atoms with Gasteiger partial charge >= 0.3 is 5.97 Å². The number of benzene rings is 3. The van der Waals surface area contributed by atoms with Gasteiger partial charge in [0, 0.05) is 24.1 Å². The highest BCUT2D eigenvalue weighted by atomic mass is 35.5. The van der Waals surface area contributed by atoms with Gasteiger partial charge in [0.15, 0.2) is 11.5 Å². The number of methoxy groups -OCH3 is 3. The molecule has 0 aromatic heterocycles. The maximum absolute atomic E-state index is 14.0. The number of carbonyl (C=O) groups is 1. The SMILES string of the molecule is COC(=O)[C@@H](N)Cc1ccc(-c2c(Cl)cc(F)cc2Cl)c2c1OCCN2Cc1ccc(OC)c(OC)c1. The molecular formula is C27H27Cl2FN2O5. The third kappa shape index (κ3) is 5.56. The number of anilines is 1. The predicted molar refractivity (Wildman–Crippen MR) is 142 cm³/mol. The fraction of sp³-hybridized carbons (Fsp3) is 0.296. The fourth-order valence-electron chi connectivity index (χ4n) is 4.45. The minimum atomic E-state index is -0.872. The lowest BCUT2D eigenvalue weighted by Crippen LogP contribution is -2.36. The van der Waals surface area contributed by atoms with Crippen LogP contribution >= 0.6 is 23.2 Å². The highest BCUT2D eigenvalue weighted by Gasteiger charge is 2.29. The molecule has 4 rings (SSSR count). The van der Waals surface area contributed by atoms with Gasteiger partial charge in [-0.3, -0.25) is 4.79 Å². The zero-order valence-corrected chi connectivity index (χ0v) is 22.2. The van der Waals surface area contributed by atoms with Crippen molar-refractivity contribution < 1.29 is 28.1 Å². The van der Waals surface area contributed by atoms with E-state index in [9.17, 15) is 9.18 Å². The summed E-state index contributed by atoms with van der Waals surface area (Å²) in [5.74, 6) is 0.724. The number of hydrogen-bond acceptors (Lipinski definition) is 7. The largest absolute Gasteiger partial charge is 0.493 e. The van der Waals surface area contributed by atoms with E-state index in [1.807, 2.05) is 30.3 Å². The smallest absolute Gasteiger partial charge is 0.322 e. The molecule has 0 spiro atoms. The Bertz CT molecular complexity index is 1300. The van der Waals surface area contributed by atoms with Gasteiger partial charge in [-0.2, -0.15) is 0 Å². The van der Waals surface area contributed by atoms with Gasteiger partial charge in [0.1, 0.15) is 24.2 Å². The van der Waals surface area contributed by atoms with Crippen molar-refractivity contribution in [2.24, 2.45) is 5.73 Å². The first-order valence-electron chi connectivity index (χ1n) is 11.5. The number of nitrogens with two attached hydrogens (primary N) is 1. The van der Waals surface area contributed by atoms with Crippen molar-refractivity contribution in [2.75, 3.05) is 39.4 Å². The van der Waals surface area contributed by atoms with Crippen molar-refractivity contribution in [3.05, 3.63) is 69.5 Å². The Morgan fingerprint density at radius 3 is 2.43 bits per heavy atom. The molecule has 3 aromatic rings. The number of carbonyl (C=O) groups excluding carboxylic acids is 1. The molecule has 0 radical (unpaired) electrons. The second kappa shape index (κ2) is 11.5. The van der Waals surface area contributed by atoms with Crippen LogP contribution in [-0.4, -0.2) is 46.5 Å². The van der Waals surface area contributed by atoms with Crippen molar-refractivity contribution in [3.63, 3.8) is 0 Å². The molecule has 2 N–H and O–H groups in total. The van der Waals surface area contributed by atoms with Crippen LogP contribution in [-0.2, 0) is 22.5 Å². The normalized spacial score (nSPS) is 13.4. The highest BCUT2D eigenvalue weighted by Crippen LogP contribution is 2.48. The average Bonchev–Trinajstić information content (AvgIpc) is 2.88. The molecule has 196 valence electrons. The molecule has 1 heterocycles. The summed E-state index contributed by atoms with van der Waals surface area (Å²) in [5, 5.41) is 0.339. The second-order valence-corrected chi connectivity index (χ2v) is 9.30. The first-order valence-corrected chi connectivity index (χ1v) is 12.3. The summed E-state index contributed by atoms with van der Waals surface area (Å²) in [4.78, 5) is 14.1. The van der Waals surface area contributed by atoms with Crippen molar-refractivity contribution >= 4 is 34.9 Å². The van der Waals surface area contributed by atoms with Gasteiger partial charge in [-0.25, -0.2) is 4.39 Å². The summed E-state index contributed by atoms with van der Waals surface area (Å²) < 4.78 is 35.8. The number of rotatable bonds is 8. The maximum Gasteiger partial charge on any atom is 0.322 e. The molecule has 0 unspecified atom stereocenters. The standard InChI is InChI=1S/C27H27Cl2FN2O5/c1-34-22-7-4-15(10-23(22)35-2)14-32-8-9-37-26-16(11-21(31)27(33)36-3)5-6-18(25(26)32)24-19(28)12-17(30)13-20(24)29/h4-7,10,12-13,21H,8-9,11,14,31H2,1-3H3/t21-/m0/s1. The van der Waals surface area contributed by atoms with E-state index in [0.717, 1.165) is 11.1 Å². The molecule has 1 aliphatic heterocycles. The molecule has 1 aliphatic rings. The van der Waals surface area contributed by atoms with E-state index in [4.69, 9.17) is 47.9 Å². The number of halogens is 3. The van der Waals surface area contributed by atoms with Crippen LogP contribution in [0.1, 0.15) is 11.1 Å². The van der Waals surface area contributed by atoms with Crippen LogP contribution in [0.3, 0.4) is 0 Å². The van der Waals surface area contributed by atoms with Gasteiger partial charge in [0.25, 0.3) is 0 Å². The van der Waals surface area contributed by atoms with E-state index in [1.54, 1.807) is 14.2 Å². The summed E-state index contributed by atoms with van der Waals surface area (Å²) in [6.45, 7) is 1.44. The van der Waals surface area contributed by atoms with Gasteiger partial charge in [-0.15, -0.1) is 0 Å². The molecule has 7 nitrogen and oxygen atoms in total. The van der Waals surface area contributed by atoms with Crippen LogP contribution in [0.5, 0.6) is 17.2 Å². The lowest BCUT2D eigenvalue weighted by molar-refractivity contribution is -0.142. The number of fused-ring (bicyclic) bond motifs is 1. The van der Waals surface area contributed by atoms with E-state index < -0.39 is 17.8 Å². The van der Waals surface area contributed by atoms with Crippen LogP contribution in [0.25, 0.3) is 11.1 Å². The summed E-state index contributed by atoms with van der Waals surface area (Å²) in [6, 6.07) is 10.9. The Morgan fingerprint density at radius 2 is 1.78 bits per heavy atom. The van der Waals surface area contributed by atoms with Crippen LogP contribution in [0.2, 0.25) is 10.0 Å². The molecular weight excluding hydrogens is 522 g/mol. The van der Waals surface area contributed by atoms with Gasteiger partial charge in [-0.1, -0.05) is 41.4 Å². The summed E-state index contributed by atoms with van der Waals surface area (Å²) in [7, 11) is 4.46. The first-order chi connectivity index (χ1) is 17.8. The molecule has 1 atom stereocenters. The molecule has 0 fully saturated rings. The van der Waals surface area contributed by atoms with Crippen LogP contribution in [0.4, 0.5) is 10.1 Å². The number of esters is 1. The van der Waals surface area contributed by atoms with E-state index in [2.05, 4.69) is 4.90 Å². The quantitative estimate of drug-likeness (QED) is 0.384. The number of hydrogen-bond donors (Lipinski definition) is 1. The summed E-state index contributed by atoms with van der Waals surface area (Å²) >= 11 is 13.0. The second-order valence-electron chi connectivity index (χ2n) is 8.49. The molecule has 3 aromatic carbocycles. The van der Waals surface area contributed by atoms with E-state index >= 15 is 0 Å². The molecule has 0 bridgehead atoms. The van der Waals surface area contributed by atoms with E-state index in [0.29, 0.717) is 53.8 Å². The Labute approximate surface area is 224 Å². The van der Waals surface area contributed by atoms with E-state index in [1.165, 1.54) is 19.2 Å². The maximum atomic E-state index is 14.0. The van der Waals surface area contributed by atoms with Crippen molar-refractivity contribution in [3.8, 4) is 28.4 Å². The van der Waals surface area contributed by atoms with Gasteiger partial charge < -0.3 is 29.6 Å². The molecule has 10 heteroatoms. The fourth-order valence-corrected chi connectivity index (χ4v) is 5.11. The predicted octanol–water partition coefficient (Wildman–Crippen LogP) is 5.26. The lowest BCUT2D eigenvalue weighted by Gasteiger charge is -2.35. The Hall–Kier alpha value is -3.20. The summed E-state index contributed by atoms with van der Waals surface area (Å²) in [6.07, 6.45) is 0.199. The van der Waals surface area contributed by atoms with Crippen molar-refractivity contribution in [2.45, 2.75) is 19.0 Å². The highest BCUT2D eigenvalue weighted by molar-refractivity contribution is 6.39. The minimum Gasteiger partial charge on any atom is -0.493 e. The molecule has 37 heavy (non-hydrogen) atoms. The molecule has 0 saturated heterocycles. The molecule has 0 aliphatic carbocycles. The van der Waals surface area contributed by atoms with Crippen LogP contribution in [0.15, 0.2) is 42.5 Å². The summed E-state index contributed by atoms with van der Waals surface area (Å²) in [5.41, 5.74) is 9.62. The Kier molecular flexibility index (Phi) is 8.32. The topological polar surface area (TPSA) is 83.2 Å². The Morgan fingerprint density at radius 1 is 1.08 bits per heavy atom. The van der Waals surface area contributed by atoms with Crippen molar-refractivity contribution in [1.82, 2.24) is 0 Å². The third-order valence-electron chi connectivity index (χ3n) is 6.18. The Balaban J connectivity index is 1.85. The zero-order chi connectivity index (χ0) is 26.7. The van der Waals surface area contributed by atoms with Crippen molar-refractivity contribution in [1.29, 1.82) is 0 Å². The molecule has 0 saturated carbocycles. The number of nitrogens with zero attached hydrogens (tertiary/aromatic N) is 1. The average molecular weight is 549 g/mol. The van der Waals surface area contributed by atoms with Crippen LogP contribution < -0.4 is 24.8 Å². The first kappa shape index (κ1) is 26.9. The van der Waals surface area contributed by atoms with Gasteiger partial charge in [0.05, 0.1) is 43.6 Å². The lowest BCUT2D eigenvalue weighted by atomic mass is 9.95. The van der Waals surface area contributed by atoms with Gasteiger partial charge in [0.2, 0.25) is 0 Å². The number of ether oxygens (including phenoxy) is 4.